The number of nitrogens with zero attached hydrogens (tertiary/aromatic N) is 2. The van der Waals surface area contributed by atoms with E-state index in [-0.39, 0.29) is 0 Å². The summed E-state index contributed by atoms with van der Waals surface area (Å²) >= 11 is 0. The summed E-state index contributed by atoms with van der Waals surface area (Å²) in [5, 5.41) is 8.15. The van der Waals surface area contributed by atoms with Crippen molar-refractivity contribution < 1.29 is 0 Å². The maximum absolute atomic E-state index is 4.42. The average Bonchev–Trinajstić information content (AvgIpc) is 2.64. The molecule has 1 aromatic heterocycles. The normalized spacial score (nSPS) is 24.6. The number of aromatic nitrogens is 2. The minimum atomic E-state index is 0.729. The quantitative estimate of drug-likeness (QED) is 0.827. The molecule has 0 radical (unpaired) electrons. The Labute approximate surface area is 117 Å². The highest BCUT2D eigenvalue weighted by Gasteiger charge is 2.20. The van der Waals surface area contributed by atoms with E-state index in [1.165, 1.54) is 37.8 Å². The number of nitrogens with one attached hydrogen (secondary N) is 1. The van der Waals surface area contributed by atoms with Crippen molar-refractivity contribution in [3.05, 3.63) is 18.0 Å². The van der Waals surface area contributed by atoms with Crippen LogP contribution < -0.4 is 5.32 Å². The minimum Gasteiger partial charge on any atom is -0.314 e. The van der Waals surface area contributed by atoms with Crippen LogP contribution in [0.4, 0.5) is 0 Å². The Balaban J connectivity index is 1.68. The highest BCUT2D eigenvalue weighted by Crippen LogP contribution is 2.28. The van der Waals surface area contributed by atoms with E-state index in [4.69, 9.17) is 0 Å². The van der Waals surface area contributed by atoms with Gasteiger partial charge in [-0.05, 0) is 37.2 Å². The second kappa shape index (κ2) is 7.09. The van der Waals surface area contributed by atoms with Crippen LogP contribution >= 0.6 is 0 Å². The smallest absolute Gasteiger partial charge is 0.0637 e. The minimum absolute atomic E-state index is 0.729. The van der Waals surface area contributed by atoms with Crippen LogP contribution in [-0.4, -0.2) is 22.4 Å². The van der Waals surface area contributed by atoms with E-state index in [1.54, 1.807) is 0 Å². The van der Waals surface area contributed by atoms with Crippen LogP contribution in [-0.2, 0) is 13.5 Å². The molecule has 0 bridgehead atoms. The van der Waals surface area contributed by atoms with Gasteiger partial charge in [-0.2, -0.15) is 5.10 Å². The van der Waals surface area contributed by atoms with E-state index in [1.807, 2.05) is 17.9 Å². The third kappa shape index (κ3) is 4.64. The van der Waals surface area contributed by atoms with Gasteiger partial charge < -0.3 is 5.32 Å². The van der Waals surface area contributed by atoms with Crippen molar-refractivity contribution >= 4 is 0 Å². The van der Waals surface area contributed by atoms with E-state index in [0.717, 1.165) is 30.8 Å². The van der Waals surface area contributed by atoms with Crippen LogP contribution in [0.1, 0.15) is 51.6 Å². The molecule has 1 heterocycles. The predicted octanol–water partition coefficient (Wildman–Crippen LogP) is 3.16. The van der Waals surface area contributed by atoms with E-state index in [2.05, 4.69) is 30.3 Å². The van der Waals surface area contributed by atoms with Gasteiger partial charge in [0.05, 0.1) is 5.69 Å². The zero-order valence-electron chi connectivity index (χ0n) is 12.7. The fourth-order valence-corrected chi connectivity index (χ4v) is 3.20. The molecule has 1 aromatic rings. The highest BCUT2D eigenvalue weighted by atomic mass is 15.2. The molecular formula is C16H29N3. The largest absolute Gasteiger partial charge is 0.314 e. The van der Waals surface area contributed by atoms with E-state index < -0.39 is 0 Å². The van der Waals surface area contributed by atoms with Crippen molar-refractivity contribution in [3.63, 3.8) is 0 Å². The van der Waals surface area contributed by atoms with Gasteiger partial charge in [0, 0.05) is 32.3 Å². The lowest BCUT2D eigenvalue weighted by Gasteiger charge is -2.19. The average molecular weight is 263 g/mol. The van der Waals surface area contributed by atoms with Gasteiger partial charge in [0.1, 0.15) is 0 Å². The van der Waals surface area contributed by atoms with Gasteiger partial charge in [0.25, 0.3) is 0 Å². The standard InChI is InChI=1S/C16H29N3/c1-13(2)14-5-4-6-15(8-7-14)17-11-9-16-10-12-19(3)18-16/h10,12-15,17H,4-9,11H2,1-3H3. The molecule has 0 amide bonds. The molecule has 19 heavy (non-hydrogen) atoms. The molecule has 0 aliphatic heterocycles. The first kappa shape index (κ1) is 14.6. The van der Waals surface area contributed by atoms with Crippen LogP contribution in [0.2, 0.25) is 0 Å². The molecule has 1 saturated carbocycles. The molecule has 0 saturated heterocycles. The molecule has 2 atom stereocenters. The molecule has 2 rings (SSSR count). The summed E-state index contributed by atoms with van der Waals surface area (Å²) in [6.45, 7) is 5.81. The zero-order valence-corrected chi connectivity index (χ0v) is 12.7. The van der Waals surface area contributed by atoms with Crippen molar-refractivity contribution in [2.24, 2.45) is 18.9 Å². The Morgan fingerprint density at radius 1 is 1.32 bits per heavy atom. The molecule has 1 aliphatic carbocycles. The fraction of sp³-hybridized carbons (Fsp3) is 0.812. The summed E-state index contributed by atoms with van der Waals surface area (Å²) in [5.74, 6) is 1.80. The first-order valence-electron chi connectivity index (χ1n) is 7.87. The first-order valence-corrected chi connectivity index (χ1v) is 7.87. The molecule has 2 unspecified atom stereocenters. The summed E-state index contributed by atoms with van der Waals surface area (Å²) in [5.41, 5.74) is 1.20. The Morgan fingerprint density at radius 2 is 2.16 bits per heavy atom. The maximum Gasteiger partial charge on any atom is 0.0637 e. The molecule has 3 heteroatoms. The topological polar surface area (TPSA) is 29.9 Å². The SMILES string of the molecule is CC(C)C1CCCC(NCCc2ccn(C)n2)CC1. The molecule has 108 valence electrons. The summed E-state index contributed by atoms with van der Waals surface area (Å²) < 4.78 is 1.88. The van der Waals surface area contributed by atoms with E-state index >= 15 is 0 Å². The molecule has 0 spiro atoms. The fourth-order valence-electron chi connectivity index (χ4n) is 3.20. The number of hydrogen-bond donors (Lipinski definition) is 1. The Morgan fingerprint density at radius 3 is 2.84 bits per heavy atom. The molecule has 1 aliphatic rings. The molecule has 0 aromatic carbocycles. The third-order valence-electron chi connectivity index (χ3n) is 4.54. The second-order valence-electron chi connectivity index (χ2n) is 6.39. The van der Waals surface area contributed by atoms with Gasteiger partial charge in [-0.25, -0.2) is 0 Å². The van der Waals surface area contributed by atoms with Crippen LogP contribution in [0, 0.1) is 11.8 Å². The van der Waals surface area contributed by atoms with Crippen molar-refractivity contribution in [1.29, 1.82) is 0 Å². The second-order valence-corrected chi connectivity index (χ2v) is 6.39. The highest BCUT2D eigenvalue weighted by molar-refractivity contribution is 4.99. The summed E-state index contributed by atoms with van der Waals surface area (Å²) in [4.78, 5) is 0. The Kier molecular flexibility index (Phi) is 5.44. The van der Waals surface area contributed by atoms with Crippen LogP contribution in [0.25, 0.3) is 0 Å². The summed E-state index contributed by atoms with van der Waals surface area (Å²) in [7, 11) is 1.98. The van der Waals surface area contributed by atoms with Gasteiger partial charge in [-0.15, -0.1) is 0 Å². The molecule has 3 nitrogen and oxygen atoms in total. The van der Waals surface area contributed by atoms with Crippen LogP contribution in [0.3, 0.4) is 0 Å². The van der Waals surface area contributed by atoms with Crippen molar-refractivity contribution in [1.82, 2.24) is 15.1 Å². The number of hydrogen-bond acceptors (Lipinski definition) is 2. The van der Waals surface area contributed by atoms with Gasteiger partial charge in [-0.3, -0.25) is 4.68 Å². The van der Waals surface area contributed by atoms with Gasteiger partial charge in [-0.1, -0.05) is 26.7 Å². The Hall–Kier alpha value is -0.830. The Bertz CT molecular complexity index is 370. The molecule has 1 N–H and O–H groups in total. The lowest BCUT2D eigenvalue weighted by molar-refractivity contribution is 0.338. The monoisotopic (exact) mass is 263 g/mol. The van der Waals surface area contributed by atoms with Crippen LogP contribution in [0.15, 0.2) is 12.3 Å². The predicted molar refractivity (Wildman–Crippen MR) is 80.1 cm³/mol. The lowest BCUT2D eigenvalue weighted by Crippen LogP contribution is -2.30. The summed E-state index contributed by atoms with van der Waals surface area (Å²) in [6, 6.07) is 2.84. The number of aryl methyl sites for hydroxylation is 1. The third-order valence-corrected chi connectivity index (χ3v) is 4.54. The van der Waals surface area contributed by atoms with Crippen molar-refractivity contribution in [2.75, 3.05) is 6.54 Å². The van der Waals surface area contributed by atoms with Crippen LogP contribution in [0.5, 0.6) is 0 Å². The maximum atomic E-state index is 4.42. The van der Waals surface area contributed by atoms with Gasteiger partial charge in [0.15, 0.2) is 0 Å². The van der Waals surface area contributed by atoms with Gasteiger partial charge in [0.2, 0.25) is 0 Å². The van der Waals surface area contributed by atoms with E-state index in [0.29, 0.717) is 0 Å². The van der Waals surface area contributed by atoms with Crippen molar-refractivity contribution in [2.45, 2.75) is 58.4 Å². The number of rotatable bonds is 5. The summed E-state index contributed by atoms with van der Waals surface area (Å²) in [6.07, 6.45) is 9.99. The zero-order chi connectivity index (χ0) is 13.7. The molecule has 1 fully saturated rings. The van der Waals surface area contributed by atoms with Crippen molar-refractivity contribution in [3.8, 4) is 0 Å². The van der Waals surface area contributed by atoms with E-state index in [9.17, 15) is 0 Å². The van der Waals surface area contributed by atoms with Gasteiger partial charge >= 0.3 is 0 Å². The lowest BCUT2D eigenvalue weighted by atomic mass is 9.89. The first-order chi connectivity index (χ1) is 9.15. The molecular weight excluding hydrogens is 234 g/mol.